The maximum absolute atomic E-state index is 9.39. The number of halogens is 1. The van der Waals surface area contributed by atoms with Crippen LogP contribution in [0.2, 0.25) is 0 Å². The molecule has 1 N–H and O–H groups in total. The first-order valence-electron chi connectivity index (χ1n) is 5.48. The first kappa shape index (κ1) is 14.0. The quantitative estimate of drug-likeness (QED) is 0.905. The Balaban J connectivity index is 2.94. The zero-order valence-corrected chi connectivity index (χ0v) is 11.9. The fourth-order valence-electron chi connectivity index (χ4n) is 1.55. The number of benzene rings is 1. The average molecular weight is 297 g/mol. The highest BCUT2D eigenvalue weighted by atomic mass is 79.9. The third-order valence-electron chi connectivity index (χ3n) is 2.77. The van der Waals surface area contributed by atoms with Gasteiger partial charge in [-0.05, 0) is 30.2 Å². The van der Waals surface area contributed by atoms with Gasteiger partial charge in [0.15, 0.2) is 5.54 Å². The van der Waals surface area contributed by atoms with Crippen molar-refractivity contribution in [3.8, 4) is 6.07 Å². The van der Waals surface area contributed by atoms with Crippen molar-refractivity contribution in [3.63, 3.8) is 0 Å². The van der Waals surface area contributed by atoms with Crippen molar-refractivity contribution in [2.24, 2.45) is 5.92 Å². The van der Waals surface area contributed by atoms with E-state index in [9.17, 15) is 5.26 Å². The Morgan fingerprint density at radius 3 is 2.41 bits per heavy atom. The highest BCUT2D eigenvalue weighted by molar-refractivity contribution is 9.10. The highest BCUT2D eigenvalue weighted by Crippen LogP contribution is 2.24. The molecule has 0 fully saturated rings. The topological polar surface area (TPSA) is 45.0 Å². The molecule has 1 atom stereocenters. The minimum absolute atomic E-state index is 0.149. The zero-order chi connectivity index (χ0) is 12.9. The second kappa shape index (κ2) is 6.04. The van der Waals surface area contributed by atoms with Gasteiger partial charge in [-0.3, -0.25) is 0 Å². The minimum atomic E-state index is -0.692. The standard InChI is InChI=1S/C13H17BrN2O/c1-10(2)13(8-15,9-17-3)16-12-6-4-11(14)5-7-12/h4-7,10,16H,9H2,1-3H3. The van der Waals surface area contributed by atoms with Crippen LogP contribution in [0.3, 0.4) is 0 Å². The number of ether oxygens (including phenoxy) is 1. The Bertz CT molecular complexity index is 397. The molecular weight excluding hydrogens is 280 g/mol. The smallest absolute Gasteiger partial charge is 0.151 e. The molecule has 4 heteroatoms. The van der Waals surface area contributed by atoms with E-state index in [0.717, 1.165) is 10.2 Å². The van der Waals surface area contributed by atoms with Gasteiger partial charge in [-0.25, -0.2) is 0 Å². The van der Waals surface area contributed by atoms with Gasteiger partial charge < -0.3 is 10.1 Å². The summed E-state index contributed by atoms with van der Waals surface area (Å²) in [5.41, 5.74) is 0.225. The van der Waals surface area contributed by atoms with E-state index in [1.165, 1.54) is 0 Å². The fraction of sp³-hybridized carbons (Fsp3) is 0.462. The summed E-state index contributed by atoms with van der Waals surface area (Å²) < 4.78 is 6.18. The Morgan fingerprint density at radius 1 is 1.41 bits per heavy atom. The van der Waals surface area contributed by atoms with Crippen LogP contribution in [-0.4, -0.2) is 19.3 Å². The molecule has 0 aliphatic carbocycles. The van der Waals surface area contributed by atoms with Crippen molar-refractivity contribution >= 4 is 21.6 Å². The molecule has 0 aromatic heterocycles. The zero-order valence-electron chi connectivity index (χ0n) is 10.3. The first-order valence-corrected chi connectivity index (χ1v) is 6.27. The third-order valence-corrected chi connectivity index (χ3v) is 3.30. The summed E-state index contributed by atoms with van der Waals surface area (Å²) in [7, 11) is 1.61. The number of rotatable bonds is 5. The summed E-state index contributed by atoms with van der Waals surface area (Å²) in [4.78, 5) is 0. The van der Waals surface area contributed by atoms with Crippen LogP contribution < -0.4 is 5.32 Å². The second-order valence-corrected chi connectivity index (χ2v) is 5.22. The van der Waals surface area contributed by atoms with E-state index < -0.39 is 5.54 Å². The first-order chi connectivity index (χ1) is 8.04. The molecule has 17 heavy (non-hydrogen) atoms. The van der Waals surface area contributed by atoms with E-state index in [4.69, 9.17) is 4.74 Å². The van der Waals surface area contributed by atoms with Gasteiger partial charge >= 0.3 is 0 Å². The number of hydrogen-bond acceptors (Lipinski definition) is 3. The van der Waals surface area contributed by atoms with Crippen molar-refractivity contribution in [1.82, 2.24) is 0 Å². The van der Waals surface area contributed by atoms with Crippen LogP contribution in [0.25, 0.3) is 0 Å². The van der Waals surface area contributed by atoms with E-state index >= 15 is 0 Å². The molecule has 1 rings (SSSR count). The number of nitriles is 1. The Hall–Kier alpha value is -1.05. The van der Waals surface area contributed by atoms with Crippen LogP contribution in [0.1, 0.15) is 13.8 Å². The lowest BCUT2D eigenvalue weighted by atomic mass is 9.88. The Kier molecular flexibility index (Phi) is 4.98. The Morgan fingerprint density at radius 2 is 2.00 bits per heavy atom. The lowest BCUT2D eigenvalue weighted by Crippen LogP contribution is -2.46. The molecule has 1 aromatic rings. The second-order valence-electron chi connectivity index (χ2n) is 4.30. The minimum Gasteiger partial charge on any atom is -0.381 e. The summed E-state index contributed by atoms with van der Waals surface area (Å²) in [5.74, 6) is 0.149. The Labute approximate surface area is 111 Å². The van der Waals surface area contributed by atoms with Crippen molar-refractivity contribution in [2.45, 2.75) is 19.4 Å². The van der Waals surface area contributed by atoms with Crippen LogP contribution in [0.5, 0.6) is 0 Å². The van der Waals surface area contributed by atoms with E-state index in [1.807, 2.05) is 38.1 Å². The number of nitrogens with zero attached hydrogens (tertiary/aromatic N) is 1. The lowest BCUT2D eigenvalue weighted by molar-refractivity contribution is 0.144. The molecule has 0 amide bonds. The summed E-state index contributed by atoms with van der Waals surface area (Å²) in [6.45, 7) is 4.37. The van der Waals surface area contributed by atoms with Crippen molar-refractivity contribution in [2.75, 3.05) is 19.0 Å². The molecular formula is C13H17BrN2O. The van der Waals surface area contributed by atoms with Crippen LogP contribution in [0.15, 0.2) is 28.7 Å². The summed E-state index contributed by atoms with van der Waals surface area (Å²) in [6.07, 6.45) is 0. The number of anilines is 1. The fourth-order valence-corrected chi connectivity index (χ4v) is 1.82. The van der Waals surface area contributed by atoms with Gasteiger partial charge in [0.1, 0.15) is 0 Å². The third kappa shape index (κ3) is 3.45. The van der Waals surface area contributed by atoms with Gasteiger partial charge in [0.2, 0.25) is 0 Å². The van der Waals surface area contributed by atoms with Crippen LogP contribution in [0.4, 0.5) is 5.69 Å². The number of nitrogens with one attached hydrogen (secondary N) is 1. The van der Waals surface area contributed by atoms with Crippen LogP contribution in [-0.2, 0) is 4.74 Å². The molecule has 0 saturated carbocycles. The van der Waals surface area contributed by atoms with Crippen molar-refractivity contribution in [3.05, 3.63) is 28.7 Å². The molecule has 0 aliphatic rings. The SMILES string of the molecule is COCC(C#N)(Nc1ccc(Br)cc1)C(C)C. The summed E-state index contributed by atoms with van der Waals surface area (Å²) >= 11 is 3.38. The van der Waals surface area contributed by atoms with Gasteiger partial charge in [-0.1, -0.05) is 29.8 Å². The van der Waals surface area contributed by atoms with Gasteiger partial charge in [0.25, 0.3) is 0 Å². The predicted octanol–water partition coefficient (Wildman–Crippen LogP) is 3.43. The van der Waals surface area contributed by atoms with Crippen LogP contribution >= 0.6 is 15.9 Å². The van der Waals surface area contributed by atoms with E-state index in [1.54, 1.807) is 7.11 Å². The maximum atomic E-state index is 9.39. The molecule has 1 aromatic carbocycles. The van der Waals surface area contributed by atoms with Gasteiger partial charge in [-0.2, -0.15) is 5.26 Å². The van der Waals surface area contributed by atoms with Gasteiger partial charge in [-0.15, -0.1) is 0 Å². The predicted molar refractivity (Wildman–Crippen MR) is 72.8 cm³/mol. The van der Waals surface area contributed by atoms with Gasteiger partial charge in [0, 0.05) is 17.3 Å². The van der Waals surface area contributed by atoms with Gasteiger partial charge in [0.05, 0.1) is 12.7 Å². The molecule has 0 radical (unpaired) electrons. The molecule has 1 unspecified atom stereocenters. The summed E-state index contributed by atoms with van der Waals surface area (Å²) in [6, 6.07) is 10.1. The normalized spacial score (nSPS) is 14.1. The summed E-state index contributed by atoms with van der Waals surface area (Å²) in [5, 5.41) is 12.7. The number of hydrogen-bond donors (Lipinski definition) is 1. The largest absolute Gasteiger partial charge is 0.381 e. The molecule has 3 nitrogen and oxygen atoms in total. The van der Waals surface area contributed by atoms with Crippen molar-refractivity contribution < 1.29 is 4.74 Å². The monoisotopic (exact) mass is 296 g/mol. The molecule has 92 valence electrons. The highest BCUT2D eigenvalue weighted by Gasteiger charge is 2.33. The van der Waals surface area contributed by atoms with E-state index in [2.05, 4.69) is 27.3 Å². The van der Waals surface area contributed by atoms with E-state index in [0.29, 0.717) is 6.61 Å². The van der Waals surface area contributed by atoms with Crippen molar-refractivity contribution in [1.29, 1.82) is 5.26 Å². The molecule has 0 spiro atoms. The molecule has 0 saturated heterocycles. The molecule has 0 aliphatic heterocycles. The molecule has 0 heterocycles. The average Bonchev–Trinajstić information content (AvgIpc) is 2.31. The lowest BCUT2D eigenvalue weighted by Gasteiger charge is -2.32. The van der Waals surface area contributed by atoms with Crippen LogP contribution in [0, 0.1) is 17.2 Å². The number of methoxy groups -OCH3 is 1. The maximum Gasteiger partial charge on any atom is 0.151 e. The van der Waals surface area contributed by atoms with E-state index in [-0.39, 0.29) is 5.92 Å². The molecule has 0 bridgehead atoms.